The van der Waals surface area contributed by atoms with Gasteiger partial charge in [-0.1, -0.05) is 30.3 Å². The number of primary amides is 1. The van der Waals surface area contributed by atoms with Gasteiger partial charge in [0.05, 0.1) is 25.7 Å². The molecular weight excluding hydrogens is 318 g/mol. The van der Waals surface area contributed by atoms with Crippen molar-refractivity contribution in [3.05, 3.63) is 47.5 Å². The number of nitrogens with zero attached hydrogens (tertiary/aromatic N) is 4. The number of amides is 1. The van der Waals surface area contributed by atoms with E-state index in [0.717, 1.165) is 45.1 Å². The van der Waals surface area contributed by atoms with Crippen LogP contribution in [-0.4, -0.2) is 51.9 Å². The summed E-state index contributed by atoms with van der Waals surface area (Å²) >= 11 is 0. The number of hydrogen-bond acceptors (Lipinski definition) is 5. The van der Waals surface area contributed by atoms with Crippen molar-refractivity contribution in [2.75, 3.05) is 26.3 Å². The van der Waals surface area contributed by atoms with Crippen molar-refractivity contribution in [2.24, 2.45) is 5.73 Å². The monoisotopic (exact) mass is 343 g/mol. The third kappa shape index (κ3) is 4.64. The third-order valence-electron chi connectivity index (χ3n) is 4.50. The highest BCUT2D eigenvalue weighted by Gasteiger charge is 2.24. The number of carbonyl (C=O) groups excluding carboxylic acids is 1. The summed E-state index contributed by atoms with van der Waals surface area (Å²) in [6.45, 7) is 6.06. The molecule has 0 spiro atoms. The van der Waals surface area contributed by atoms with Gasteiger partial charge in [-0.25, -0.2) is 9.67 Å². The van der Waals surface area contributed by atoms with Gasteiger partial charge in [0.1, 0.15) is 5.82 Å². The van der Waals surface area contributed by atoms with E-state index in [1.165, 1.54) is 5.56 Å². The lowest BCUT2D eigenvalue weighted by molar-refractivity contribution is -0.117. The number of benzene rings is 1. The summed E-state index contributed by atoms with van der Waals surface area (Å²) in [6, 6.07) is 10.4. The number of aryl methyl sites for hydroxylation is 2. The number of aromatic nitrogens is 3. The Morgan fingerprint density at radius 2 is 2.00 bits per heavy atom. The fourth-order valence-electron chi connectivity index (χ4n) is 3.11. The van der Waals surface area contributed by atoms with Gasteiger partial charge in [-0.15, -0.1) is 0 Å². The Labute approximate surface area is 147 Å². The van der Waals surface area contributed by atoms with E-state index in [4.69, 9.17) is 10.5 Å². The van der Waals surface area contributed by atoms with Gasteiger partial charge in [-0.2, -0.15) is 5.10 Å². The molecule has 1 aliphatic rings. The maximum absolute atomic E-state index is 11.2. The fraction of sp³-hybridized carbons (Fsp3) is 0.500. The predicted octanol–water partition coefficient (Wildman–Crippen LogP) is 0.942. The average molecular weight is 343 g/mol. The van der Waals surface area contributed by atoms with E-state index >= 15 is 0 Å². The SMILES string of the molecule is CC(c1nc(CC(N)=O)nn1CCc1ccccc1)N1CCOCC1. The minimum absolute atomic E-state index is 0.0706. The lowest BCUT2D eigenvalue weighted by atomic mass is 10.1. The molecule has 1 atom stereocenters. The molecule has 1 aromatic carbocycles. The summed E-state index contributed by atoms with van der Waals surface area (Å²) < 4.78 is 7.36. The number of hydrogen-bond donors (Lipinski definition) is 1. The molecule has 0 radical (unpaired) electrons. The molecule has 25 heavy (non-hydrogen) atoms. The van der Waals surface area contributed by atoms with Crippen LogP contribution in [0.1, 0.15) is 30.2 Å². The molecule has 1 saturated heterocycles. The van der Waals surface area contributed by atoms with E-state index in [9.17, 15) is 4.79 Å². The average Bonchev–Trinajstić information content (AvgIpc) is 3.03. The molecule has 1 unspecified atom stereocenters. The van der Waals surface area contributed by atoms with Crippen LogP contribution in [0.3, 0.4) is 0 Å². The lowest BCUT2D eigenvalue weighted by Gasteiger charge is -2.31. The minimum Gasteiger partial charge on any atom is -0.379 e. The van der Waals surface area contributed by atoms with Gasteiger partial charge in [0, 0.05) is 19.6 Å². The molecule has 1 aromatic heterocycles. The number of carbonyl (C=O) groups is 1. The van der Waals surface area contributed by atoms with E-state index in [2.05, 4.69) is 34.0 Å². The lowest BCUT2D eigenvalue weighted by Crippen LogP contribution is -2.39. The molecule has 0 bridgehead atoms. The Kier molecular flexibility index (Phi) is 5.78. The van der Waals surface area contributed by atoms with E-state index in [1.807, 2.05) is 22.9 Å². The first kappa shape index (κ1) is 17.6. The molecule has 134 valence electrons. The van der Waals surface area contributed by atoms with Crippen molar-refractivity contribution >= 4 is 5.91 Å². The molecule has 1 aliphatic heterocycles. The second-order valence-electron chi connectivity index (χ2n) is 6.31. The second-order valence-corrected chi connectivity index (χ2v) is 6.31. The Hall–Kier alpha value is -2.25. The van der Waals surface area contributed by atoms with Gasteiger partial charge in [0.2, 0.25) is 5.91 Å². The Bertz CT molecular complexity index is 695. The Morgan fingerprint density at radius 1 is 1.28 bits per heavy atom. The third-order valence-corrected chi connectivity index (χ3v) is 4.50. The van der Waals surface area contributed by atoms with E-state index in [1.54, 1.807) is 0 Å². The van der Waals surface area contributed by atoms with E-state index < -0.39 is 5.91 Å². The Morgan fingerprint density at radius 3 is 2.68 bits per heavy atom. The van der Waals surface area contributed by atoms with Gasteiger partial charge >= 0.3 is 0 Å². The van der Waals surface area contributed by atoms with E-state index in [0.29, 0.717) is 5.82 Å². The van der Waals surface area contributed by atoms with Crippen molar-refractivity contribution in [1.82, 2.24) is 19.7 Å². The smallest absolute Gasteiger partial charge is 0.225 e. The zero-order chi connectivity index (χ0) is 17.6. The van der Waals surface area contributed by atoms with Crippen molar-refractivity contribution in [1.29, 1.82) is 0 Å². The maximum Gasteiger partial charge on any atom is 0.225 e. The minimum atomic E-state index is -0.411. The molecule has 7 heteroatoms. The summed E-state index contributed by atoms with van der Waals surface area (Å²) in [5.41, 5.74) is 6.56. The second kappa shape index (κ2) is 8.22. The number of morpholine rings is 1. The summed E-state index contributed by atoms with van der Waals surface area (Å²) in [7, 11) is 0. The van der Waals surface area contributed by atoms with Crippen LogP contribution >= 0.6 is 0 Å². The van der Waals surface area contributed by atoms with Crippen LogP contribution < -0.4 is 5.73 Å². The van der Waals surface area contributed by atoms with Crippen LogP contribution in [0, 0.1) is 0 Å². The van der Waals surface area contributed by atoms with Gasteiger partial charge < -0.3 is 10.5 Å². The highest BCUT2D eigenvalue weighted by atomic mass is 16.5. The van der Waals surface area contributed by atoms with Crippen LogP contribution in [0.5, 0.6) is 0 Å². The molecular formula is C18H25N5O2. The number of nitrogens with two attached hydrogens (primary N) is 1. The first-order chi connectivity index (χ1) is 12.1. The van der Waals surface area contributed by atoms with Crippen LogP contribution in [0.2, 0.25) is 0 Å². The molecule has 1 amide bonds. The highest BCUT2D eigenvalue weighted by molar-refractivity contribution is 5.75. The summed E-state index contributed by atoms with van der Waals surface area (Å²) in [5.74, 6) is 0.968. The van der Waals surface area contributed by atoms with Crippen LogP contribution in [0.15, 0.2) is 30.3 Å². The van der Waals surface area contributed by atoms with Crippen LogP contribution in [0.25, 0.3) is 0 Å². The zero-order valence-corrected chi connectivity index (χ0v) is 14.6. The summed E-state index contributed by atoms with van der Waals surface area (Å²) in [5, 5.41) is 4.53. The molecule has 0 saturated carbocycles. The molecule has 3 rings (SSSR count). The standard InChI is InChI=1S/C18H25N5O2/c1-14(22-9-11-25-12-10-22)18-20-17(13-16(19)24)21-23(18)8-7-15-5-3-2-4-6-15/h2-6,14H,7-13H2,1H3,(H2,19,24). The topological polar surface area (TPSA) is 86.3 Å². The quantitative estimate of drug-likeness (QED) is 0.809. The Balaban J connectivity index is 1.78. The van der Waals surface area contributed by atoms with Gasteiger partial charge in [0.15, 0.2) is 5.82 Å². The highest BCUT2D eigenvalue weighted by Crippen LogP contribution is 2.20. The fourth-order valence-corrected chi connectivity index (χ4v) is 3.11. The molecule has 2 aromatic rings. The first-order valence-electron chi connectivity index (χ1n) is 8.71. The number of rotatable bonds is 7. The molecule has 0 aliphatic carbocycles. The van der Waals surface area contributed by atoms with Gasteiger partial charge in [0.25, 0.3) is 0 Å². The summed E-state index contributed by atoms with van der Waals surface area (Å²) in [4.78, 5) is 18.2. The van der Waals surface area contributed by atoms with E-state index in [-0.39, 0.29) is 12.5 Å². The first-order valence-corrected chi connectivity index (χ1v) is 8.71. The van der Waals surface area contributed by atoms with Gasteiger partial charge in [-0.3, -0.25) is 9.69 Å². The maximum atomic E-state index is 11.2. The van der Waals surface area contributed by atoms with Crippen LogP contribution in [-0.2, 0) is 28.9 Å². The molecule has 1 fully saturated rings. The van der Waals surface area contributed by atoms with Crippen molar-refractivity contribution in [2.45, 2.75) is 32.4 Å². The largest absolute Gasteiger partial charge is 0.379 e. The van der Waals surface area contributed by atoms with Crippen LogP contribution in [0.4, 0.5) is 0 Å². The van der Waals surface area contributed by atoms with Crippen molar-refractivity contribution < 1.29 is 9.53 Å². The van der Waals surface area contributed by atoms with Gasteiger partial charge in [-0.05, 0) is 18.9 Å². The molecule has 2 heterocycles. The normalized spacial score (nSPS) is 16.7. The summed E-state index contributed by atoms with van der Waals surface area (Å²) in [6.07, 6.45) is 0.935. The molecule has 7 nitrogen and oxygen atoms in total. The predicted molar refractivity (Wildman–Crippen MR) is 93.9 cm³/mol. The van der Waals surface area contributed by atoms with Crippen molar-refractivity contribution in [3.8, 4) is 0 Å². The van der Waals surface area contributed by atoms with Crippen molar-refractivity contribution in [3.63, 3.8) is 0 Å². The number of ether oxygens (including phenoxy) is 1. The zero-order valence-electron chi connectivity index (χ0n) is 14.6. The molecule has 2 N–H and O–H groups in total.